The number of nitrogens with zero attached hydrogens (tertiary/aromatic N) is 1. The standard InChI is InChI=1S/C20H18Cl2N2O4/c21-16-7-6-15(9-17(16)22)23-18(25)12-28-20(27)14-8-19(26)24(11-14)10-13-4-2-1-3-5-13/h1-7,9,14H,8,10-12H2,(H,23,25). The number of benzene rings is 2. The van der Waals surface area contributed by atoms with E-state index >= 15 is 0 Å². The van der Waals surface area contributed by atoms with Gasteiger partial charge in [-0.25, -0.2) is 0 Å². The van der Waals surface area contributed by atoms with Gasteiger partial charge in [0, 0.05) is 25.2 Å². The van der Waals surface area contributed by atoms with E-state index in [0.29, 0.717) is 22.3 Å². The van der Waals surface area contributed by atoms with Gasteiger partial charge >= 0.3 is 5.97 Å². The Balaban J connectivity index is 1.47. The van der Waals surface area contributed by atoms with E-state index in [2.05, 4.69) is 5.32 Å². The van der Waals surface area contributed by atoms with Crippen molar-refractivity contribution >= 4 is 46.7 Å². The van der Waals surface area contributed by atoms with Crippen LogP contribution in [0.4, 0.5) is 5.69 Å². The number of amides is 2. The quantitative estimate of drug-likeness (QED) is 0.725. The molecule has 6 nitrogen and oxygen atoms in total. The topological polar surface area (TPSA) is 75.7 Å². The first-order valence-corrected chi connectivity index (χ1v) is 9.41. The van der Waals surface area contributed by atoms with Crippen LogP contribution in [-0.2, 0) is 25.7 Å². The number of carbonyl (C=O) groups excluding carboxylic acids is 3. The number of hydrogen-bond donors (Lipinski definition) is 1. The van der Waals surface area contributed by atoms with Gasteiger partial charge < -0.3 is 15.0 Å². The predicted molar refractivity (Wildman–Crippen MR) is 106 cm³/mol. The van der Waals surface area contributed by atoms with E-state index in [0.717, 1.165) is 5.56 Å². The first-order chi connectivity index (χ1) is 13.4. The number of hydrogen-bond acceptors (Lipinski definition) is 4. The Kier molecular flexibility index (Phi) is 6.54. The molecule has 2 amide bonds. The highest BCUT2D eigenvalue weighted by Crippen LogP contribution is 2.25. The van der Waals surface area contributed by atoms with Crippen molar-refractivity contribution in [1.29, 1.82) is 0 Å². The van der Waals surface area contributed by atoms with Crippen LogP contribution in [0.2, 0.25) is 10.0 Å². The lowest BCUT2D eigenvalue weighted by atomic mass is 10.1. The molecule has 0 saturated carbocycles. The molecule has 1 aliphatic heterocycles. The molecule has 0 spiro atoms. The summed E-state index contributed by atoms with van der Waals surface area (Å²) in [6.45, 7) is 0.282. The molecular formula is C20H18Cl2N2O4. The zero-order valence-electron chi connectivity index (χ0n) is 14.9. The van der Waals surface area contributed by atoms with Gasteiger partial charge in [0.2, 0.25) is 5.91 Å². The maximum atomic E-state index is 12.2. The molecule has 2 aromatic rings. The SMILES string of the molecule is O=C(COC(=O)C1CC(=O)N(Cc2ccccc2)C1)Nc1ccc(Cl)c(Cl)c1. The molecule has 2 aromatic carbocycles. The Labute approximate surface area is 172 Å². The number of ether oxygens (including phenoxy) is 1. The second kappa shape index (κ2) is 9.08. The van der Waals surface area contributed by atoms with Crippen molar-refractivity contribution in [3.63, 3.8) is 0 Å². The highest BCUT2D eigenvalue weighted by Gasteiger charge is 2.35. The van der Waals surface area contributed by atoms with Crippen LogP contribution in [0.3, 0.4) is 0 Å². The Morgan fingerprint density at radius 3 is 2.57 bits per heavy atom. The smallest absolute Gasteiger partial charge is 0.311 e. The fourth-order valence-electron chi connectivity index (χ4n) is 2.91. The lowest BCUT2D eigenvalue weighted by Crippen LogP contribution is -2.28. The minimum absolute atomic E-state index is 0.0834. The van der Waals surface area contributed by atoms with Crippen LogP contribution < -0.4 is 5.32 Å². The van der Waals surface area contributed by atoms with Crippen LogP contribution >= 0.6 is 23.2 Å². The highest BCUT2D eigenvalue weighted by molar-refractivity contribution is 6.42. The third-order valence-electron chi connectivity index (χ3n) is 4.31. The van der Waals surface area contributed by atoms with Gasteiger partial charge in [-0.05, 0) is 23.8 Å². The summed E-state index contributed by atoms with van der Waals surface area (Å²) >= 11 is 11.7. The van der Waals surface area contributed by atoms with Crippen molar-refractivity contribution in [3.8, 4) is 0 Å². The summed E-state index contributed by atoms with van der Waals surface area (Å²) in [5.41, 5.74) is 1.44. The molecule has 1 saturated heterocycles. The highest BCUT2D eigenvalue weighted by atomic mass is 35.5. The molecule has 1 aliphatic rings. The minimum Gasteiger partial charge on any atom is -0.455 e. The molecular weight excluding hydrogens is 403 g/mol. The van der Waals surface area contributed by atoms with E-state index in [1.807, 2.05) is 30.3 Å². The third-order valence-corrected chi connectivity index (χ3v) is 5.05. The number of rotatable bonds is 6. The minimum atomic E-state index is -0.575. The van der Waals surface area contributed by atoms with Gasteiger partial charge in [-0.15, -0.1) is 0 Å². The van der Waals surface area contributed by atoms with Crippen molar-refractivity contribution < 1.29 is 19.1 Å². The summed E-state index contributed by atoms with van der Waals surface area (Å²) in [6.07, 6.45) is 0.0834. The molecule has 8 heteroatoms. The number of carbonyl (C=O) groups is 3. The fraction of sp³-hybridized carbons (Fsp3) is 0.250. The van der Waals surface area contributed by atoms with Gasteiger partial charge in [-0.2, -0.15) is 0 Å². The van der Waals surface area contributed by atoms with Crippen LogP contribution in [0, 0.1) is 5.92 Å². The summed E-state index contributed by atoms with van der Waals surface area (Å²) in [5, 5.41) is 3.25. The average molecular weight is 421 g/mol. The van der Waals surface area contributed by atoms with E-state index in [1.165, 1.54) is 6.07 Å². The zero-order valence-corrected chi connectivity index (χ0v) is 16.4. The maximum absolute atomic E-state index is 12.2. The molecule has 0 aliphatic carbocycles. The Bertz CT molecular complexity index is 889. The van der Waals surface area contributed by atoms with Crippen LogP contribution in [0.15, 0.2) is 48.5 Å². The monoisotopic (exact) mass is 420 g/mol. The number of nitrogens with one attached hydrogen (secondary N) is 1. The normalized spacial score (nSPS) is 16.1. The molecule has 1 N–H and O–H groups in total. The lowest BCUT2D eigenvalue weighted by molar-refractivity contribution is -0.151. The van der Waals surface area contributed by atoms with Crippen LogP contribution in [-0.4, -0.2) is 35.8 Å². The molecule has 28 heavy (non-hydrogen) atoms. The fourth-order valence-corrected chi connectivity index (χ4v) is 3.21. The zero-order chi connectivity index (χ0) is 20.1. The first-order valence-electron chi connectivity index (χ1n) is 8.65. The Hall–Kier alpha value is -2.57. The van der Waals surface area contributed by atoms with E-state index < -0.39 is 24.4 Å². The van der Waals surface area contributed by atoms with Gasteiger partial charge in [0.15, 0.2) is 6.61 Å². The number of halogens is 2. The number of likely N-dealkylation sites (tertiary alicyclic amines) is 1. The molecule has 3 rings (SSSR count). The van der Waals surface area contributed by atoms with E-state index in [4.69, 9.17) is 27.9 Å². The van der Waals surface area contributed by atoms with Gasteiger partial charge in [0.05, 0.1) is 16.0 Å². The summed E-state index contributed by atoms with van der Waals surface area (Å²) in [5.74, 6) is -1.74. The molecule has 146 valence electrons. The molecule has 0 bridgehead atoms. The predicted octanol–water partition coefficient (Wildman–Crippen LogP) is 3.52. The van der Waals surface area contributed by atoms with E-state index in [9.17, 15) is 14.4 Å². The third kappa shape index (κ3) is 5.24. The molecule has 1 fully saturated rings. The molecule has 1 heterocycles. The van der Waals surface area contributed by atoms with Gasteiger partial charge in [-0.3, -0.25) is 14.4 Å². The number of anilines is 1. The van der Waals surface area contributed by atoms with E-state index in [1.54, 1.807) is 17.0 Å². The Morgan fingerprint density at radius 2 is 1.86 bits per heavy atom. The maximum Gasteiger partial charge on any atom is 0.311 e. The van der Waals surface area contributed by atoms with Crippen molar-refractivity contribution in [2.45, 2.75) is 13.0 Å². The second-order valence-electron chi connectivity index (χ2n) is 6.45. The molecule has 0 aromatic heterocycles. The Morgan fingerprint density at radius 1 is 1.11 bits per heavy atom. The summed E-state index contributed by atoms with van der Waals surface area (Å²) in [4.78, 5) is 38.0. The first kappa shape index (κ1) is 20.2. The van der Waals surface area contributed by atoms with Crippen molar-refractivity contribution in [2.75, 3.05) is 18.5 Å². The van der Waals surface area contributed by atoms with Gasteiger partial charge in [0.25, 0.3) is 5.91 Å². The second-order valence-corrected chi connectivity index (χ2v) is 7.26. The molecule has 1 atom stereocenters. The van der Waals surface area contributed by atoms with E-state index in [-0.39, 0.29) is 18.9 Å². The molecule has 1 unspecified atom stereocenters. The van der Waals surface area contributed by atoms with Crippen LogP contribution in [0.25, 0.3) is 0 Å². The molecule has 0 radical (unpaired) electrons. The van der Waals surface area contributed by atoms with Crippen molar-refractivity contribution in [1.82, 2.24) is 4.90 Å². The van der Waals surface area contributed by atoms with Crippen molar-refractivity contribution in [3.05, 3.63) is 64.1 Å². The number of esters is 1. The average Bonchev–Trinajstić information content (AvgIpc) is 3.04. The largest absolute Gasteiger partial charge is 0.455 e. The van der Waals surface area contributed by atoms with Gasteiger partial charge in [-0.1, -0.05) is 53.5 Å². The summed E-state index contributed by atoms with van der Waals surface area (Å²) < 4.78 is 5.07. The van der Waals surface area contributed by atoms with Gasteiger partial charge in [0.1, 0.15) is 0 Å². The lowest BCUT2D eigenvalue weighted by Gasteiger charge is -2.16. The van der Waals surface area contributed by atoms with Crippen LogP contribution in [0.1, 0.15) is 12.0 Å². The van der Waals surface area contributed by atoms with Crippen molar-refractivity contribution in [2.24, 2.45) is 5.92 Å². The summed E-state index contributed by atoms with van der Waals surface area (Å²) in [6, 6.07) is 14.2. The van der Waals surface area contributed by atoms with Crippen LogP contribution in [0.5, 0.6) is 0 Å². The summed E-state index contributed by atoms with van der Waals surface area (Å²) in [7, 11) is 0.